The molecule has 0 aliphatic carbocycles. The Morgan fingerprint density at radius 3 is 2.52 bits per heavy atom. The van der Waals surface area contributed by atoms with Crippen molar-refractivity contribution in [1.29, 1.82) is 0 Å². The fraction of sp³-hybridized carbons (Fsp3) is 0.435. The number of sulfonamides is 1. The lowest BCUT2D eigenvalue weighted by Crippen LogP contribution is -2.35. The Labute approximate surface area is 184 Å². The van der Waals surface area contributed by atoms with E-state index in [1.54, 1.807) is 12.1 Å². The Morgan fingerprint density at radius 1 is 1.13 bits per heavy atom. The van der Waals surface area contributed by atoms with Crippen LogP contribution in [-0.4, -0.2) is 44.9 Å². The molecule has 1 aliphatic heterocycles. The molecule has 3 rings (SSSR count). The lowest BCUT2D eigenvalue weighted by Gasteiger charge is -2.26. The van der Waals surface area contributed by atoms with E-state index in [0.717, 1.165) is 24.8 Å². The number of rotatable bonds is 8. The molecule has 0 bridgehead atoms. The largest absolute Gasteiger partial charge is 0.495 e. The molecule has 1 atom stereocenters. The number of amides is 1. The van der Waals surface area contributed by atoms with Gasteiger partial charge in [-0.15, -0.1) is 0 Å². The molecular weight excluding hydrogens is 416 g/mol. The molecule has 0 spiro atoms. The van der Waals surface area contributed by atoms with E-state index < -0.39 is 16.1 Å². The van der Waals surface area contributed by atoms with Crippen molar-refractivity contribution in [1.82, 2.24) is 4.31 Å². The molecule has 2 aromatic carbocycles. The van der Waals surface area contributed by atoms with E-state index in [0.29, 0.717) is 36.7 Å². The van der Waals surface area contributed by atoms with E-state index in [1.807, 2.05) is 32.0 Å². The maximum Gasteiger partial charge on any atom is 0.265 e. The van der Waals surface area contributed by atoms with Gasteiger partial charge in [0, 0.05) is 13.1 Å². The van der Waals surface area contributed by atoms with Gasteiger partial charge < -0.3 is 14.8 Å². The van der Waals surface area contributed by atoms with Gasteiger partial charge in [0.25, 0.3) is 5.91 Å². The molecule has 1 amide bonds. The van der Waals surface area contributed by atoms with Crippen molar-refractivity contribution < 1.29 is 22.7 Å². The van der Waals surface area contributed by atoms with Crippen molar-refractivity contribution in [3.05, 3.63) is 48.0 Å². The Kier molecular flexibility index (Phi) is 7.56. The summed E-state index contributed by atoms with van der Waals surface area (Å²) in [6.07, 6.45) is 2.47. The van der Waals surface area contributed by atoms with Gasteiger partial charge in [-0.25, -0.2) is 8.42 Å². The quantitative estimate of drug-likeness (QED) is 0.663. The molecule has 1 N–H and O–H groups in total. The molecule has 1 heterocycles. The highest BCUT2D eigenvalue weighted by Crippen LogP contribution is 2.30. The van der Waals surface area contributed by atoms with Gasteiger partial charge >= 0.3 is 0 Å². The summed E-state index contributed by atoms with van der Waals surface area (Å²) in [5, 5.41) is 2.79. The summed E-state index contributed by atoms with van der Waals surface area (Å²) >= 11 is 0. The molecular formula is C23H30N2O5S. The van der Waals surface area contributed by atoms with Gasteiger partial charge in [0.05, 0.1) is 17.7 Å². The van der Waals surface area contributed by atoms with E-state index in [1.165, 1.54) is 23.5 Å². The lowest BCUT2D eigenvalue weighted by molar-refractivity contribution is -0.122. The number of carbonyl (C=O) groups is 1. The third kappa shape index (κ3) is 5.57. The first-order valence-corrected chi connectivity index (χ1v) is 12.0. The molecule has 31 heavy (non-hydrogen) atoms. The third-order valence-corrected chi connectivity index (χ3v) is 7.21. The van der Waals surface area contributed by atoms with Crippen LogP contribution in [-0.2, 0) is 14.8 Å². The zero-order chi connectivity index (χ0) is 22.4. The van der Waals surface area contributed by atoms with Gasteiger partial charge in [0.2, 0.25) is 10.0 Å². The second-order valence-electron chi connectivity index (χ2n) is 7.65. The highest BCUT2D eigenvalue weighted by Gasteiger charge is 2.27. The number of nitrogens with zero attached hydrogens (tertiary/aromatic N) is 1. The first kappa shape index (κ1) is 23.1. The van der Waals surface area contributed by atoms with Crippen molar-refractivity contribution in [3.63, 3.8) is 0 Å². The van der Waals surface area contributed by atoms with Gasteiger partial charge in [0.15, 0.2) is 6.10 Å². The summed E-state index contributed by atoms with van der Waals surface area (Å²) in [4.78, 5) is 13.0. The standard InChI is InChI=1S/C23H30N2O5S/c1-4-21(30-18-10-8-9-17(2)15-18)23(26)24-20-16-19(11-12-22(20)29-3)31(27,28)25-13-6-5-7-14-25/h8-12,15-16,21H,4-7,13-14H2,1-3H3,(H,24,26). The van der Waals surface area contributed by atoms with Gasteiger partial charge in [-0.2, -0.15) is 4.31 Å². The zero-order valence-corrected chi connectivity index (χ0v) is 19.1. The second-order valence-corrected chi connectivity index (χ2v) is 9.59. The summed E-state index contributed by atoms with van der Waals surface area (Å²) in [6, 6.07) is 12.0. The van der Waals surface area contributed by atoms with Crippen LogP contribution >= 0.6 is 0 Å². The van der Waals surface area contributed by atoms with E-state index in [9.17, 15) is 13.2 Å². The molecule has 1 unspecified atom stereocenters. The molecule has 2 aromatic rings. The van der Waals surface area contributed by atoms with Crippen molar-refractivity contribution in [2.75, 3.05) is 25.5 Å². The van der Waals surface area contributed by atoms with Crippen LogP contribution in [0, 0.1) is 6.92 Å². The highest BCUT2D eigenvalue weighted by molar-refractivity contribution is 7.89. The van der Waals surface area contributed by atoms with E-state index in [-0.39, 0.29) is 10.8 Å². The third-order valence-electron chi connectivity index (χ3n) is 5.31. The molecule has 0 radical (unpaired) electrons. The van der Waals surface area contributed by atoms with Gasteiger partial charge in [-0.3, -0.25) is 4.79 Å². The Morgan fingerprint density at radius 2 is 1.87 bits per heavy atom. The van der Waals surface area contributed by atoms with Crippen LogP contribution in [0.1, 0.15) is 38.2 Å². The summed E-state index contributed by atoms with van der Waals surface area (Å²) in [7, 11) is -2.15. The maximum atomic E-state index is 13.0. The van der Waals surface area contributed by atoms with Crippen LogP contribution in [0.3, 0.4) is 0 Å². The topological polar surface area (TPSA) is 84.9 Å². The minimum absolute atomic E-state index is 0.137. The van der Waals surface area contributed by atoms with Gasteiger partial charge in [-0.05, 0) is 62.1 Å². The highest BCUT2D eigenvalue weighted by atomic mass is 32.2. The van der Waals surface area contributed by atoms with E-state index >= 15 is 0 Å². The van der Waals surface area contributed by atoms with Crippen LogP contribution in [0.15, 0.2) is 47.4 Å². The maximum absolute atomic E-state index is 13.0. The molecule has 168 valence electrons. The van der Waals surface area contributed by atoms with Crippen molar-refractivity contribution in [2.24, 2.45) is 0 Å². The average Bonchev–Trinajstić information content (AvgIpc) is 2.78. The Balaban J connectivity index is 1.82. The number of hydrogen-bond acceptors (Lipinski definition) is 5. The monoisotopic (exact) mass is 446 g/mol. The number of benzene rings is 2. The normalized spacial score (nSPS) is 15.8. The second kappa shape index (κ2) is 10.2. The average molecular weight is 447 g/mol. The van der Waals surface area contributed by atoms with Crippen LogP contribution < -0.4 is 14.8 Å². The molecule has 1 saturated heterocycles. The van der Waals surface area contributed by atoms with Crippen molar-refractivity contribution in [2.45, 2.75) is 50.5 Å². The number of aryl methyl sites for hydroxylation is 1. The predicted molar refractivity (Wildman–Crippen MR) is 120 cm³/mol. The summed E-state index contributed by atoms with van der Waals surface area (Å²) in [5.74, 6) is 0.626. The first-order chi connectivity index (χ1) is 14.8. The van der Waals surface area contributed by atoms with Crippen LogP contribution in [0.25, 0.3) is 0 Å². The number of nitrogens with one attached hydrogen (secondary N) is 1. The molecule has 0 saturated carbocycles. The SMILES string of the molecule is CCC(Oc1cccc(C)c1)C(=O)Nc1cc(S(=O)(=O)N2CCCCC2)ccc1OC. The molecule has 7 nitrogen and oxygen atoms in total. The minimum Gasteiger partial charge on any atom is -0.495 e. The minimum atomic E-state index is -3.63. The molecule has 1 aliphatic rings. The Hall–Kier alpha value is -2.58. The van der Waals surface area contributed by atoms with Gasteiger partial charge in [0.1, 0.15) is 11.5 Å². The van der Waals surface area contributed by atoms with Crippen LogP contribution in [0.2, 0.25) is 0 Å². The number of methoxy groups -OCH3 is 1. The summed E-state index contributed by atoms with van der Waals surface area (Å²) < 4.78 is 38.8. The lowest BCUT2D eigenvalue weighted by atomic mass is 10.2. The number of piperidine rings is 1. The molecule has 8 heteroatoms. The van der Waals surface area contributed by atoms with Gasteiger partial charge in [-0.1, -0.05) is 25.5 Å². The van der Waals surface area contributed by atoms with Crippen LogP contribution in [0.5, 0.6) is 11.5 Å². The number of carbonyl (C=O) groups excluding carboxylic acids is 1. The summed E-state index contributed by atoms with van der Waals surface area (Å²) in [5.41, 5.74) is 1.34. The first-order valence-electron chi connectivity index (χ1n) is 10.6. The van der Waals surface area contributed by atoms with E-state index in [4.69, 9.17) is 9.47 Å². The van der Waals surface area contributed by atoms with Crippen molar-refractivity contribution in [3.8, 4) is 11.5 Å². The number of hydrogen-bond donors (Lipinski definition) is 1. The smallest absolute Gasteiger partial charge is 0.265 e. The summed E-state index contributed by atoms with van der Waals surface area (Å²) in [6.45, 7) is 4.83. The molecule has 1 fully saturated rings. The number of anilines is 1. The molecule has 0 aromatic heterocycles. The van der Waals surface area contributed by atoms with Crippen molar-refractivity contribution >= 4 is 21.6 Å². The fourth-order valence-corrected chi connectivity index (χ4v) is 5.13. The zero-order valence-electron chi connectivity index (χ0n) is 18.3. The Bertz CT molecular complexity index is 1020. The number of ether oxygens (including phenoxy) is 2. The predicted octanol–water partition coefficient (Wildman–Crippen LogP) is 3.97. The van der Waals surface area contributed by atoms with E-state index in [2.05, 4.69) is 5.32 Å². The van der Waals surface area contributed by atoms with Crippen LogP contribution in [0.4, 0.5) is 5.69 Å². The fourth-order valence-electron chi connectivity index (χ4n) is 3.59.